The standard InChI is InChI=1S/C16H24N2O5S/c1-3-5-15(19)18(11-10-16(20)23-4-2)12-13-6-8-14(9-7-13)24(17,21)22/h6-9H,3-5,10-12H2,1-2H3,(H2,17,21,22). The van der Waals surface area contributed by atoms with Gasteiger partial charge in [-0.25, -0.2) is 13.6 Å². The van der Waals surface area contributed by atoms with Crippen molar-refractivity contribution in [3.63, 3.8) is 0 Å². The van der Waals surface area contributed by atoms with Gasteiger partial charge in [0.25, 0.3) is 0 Å². The molecule has 0 unspecified atom stereocenters. The Morgan fingerprint density at radius 1 is 1.12 bits per heavy atom. The van der Waals surface area contributed by atoms with Crippen LogP contribution in [0.5, 0.6) is 0 Å². The molecule has 0 aliphatic carbocycles. The van der Waals surface area contributed by atoms with E-state index in [1.54, 1.807) is 24.0 Å². The van der Waals surface area contributed by atoms with Crippen LogP contribution in [0.4, 0.5) is 0 Å². The van der Waals surface area contributed by atoms with Crippen LogP contribution < -0.4 is 5.14 Å². The van der Waals surface area contributed by atoms with Crippen molar-refractivity contribution in [2.45, 2.75) is 44.6 Å². The molecule has 1 rings (SSSR count). The molecule has 24 heavy (non-hydrogen) atoms. The van der Waals surface area contributed by atoms with Gasteiger partial charge in [-0.2, -0.15) is 0 Å². The SMILES string of the molecule is CCCC(=O)N(CCC(=O)OCC)Cc1ccc(S(N)(=O)=O)cc1. The highest BCUT2D eigenvalue weighted by Gasteiger charge is 2.16. The highest BCUT2D eigenvalue weighted by molar-refractivity contribution is 7.89. The van der Waals surface area contributed by atoms with Gasteiger partial charge in [-0.15, -0.1) is 0 Å². The molecular weight excluding hydrogens is 332 g/mol. The minimum Gasteiger partial charge on any atom is -0.466 e. The van der Waals surface area contributed by atoms with Crippen molar-refractivity contribution >= 4 is 21.9 Å². The molecule has 0 aliphatic heterocycles. The Balaban J connectivity index is 2.80. The van der Waals surface area contributed by atoms with Crippen molar-refractivity contribution in [3.05, 3.63) is 29.8 Å². The average Bonchev–Trinajstić information content (AvgIpc) is 2.51. The van der Waals surface area contributed by atoms with Crippen LogP contribution in [0.15, 0.2) is 29.2 Å². The lowest BCUT2D eigenvalue weighted by molar-refractivity contribution is -0.144. The van der Waals surface area contributed by atoms with Crippen molar-refractivity contribution in [1.29, 1.82) is 0 Å². The normalized spacial score (nSPS) is 11.1. The fourth-order valence-corrected chi connectivity index (χ4v) is 2.64. The number of esters is 1. The van der Waals surface area contributed by atoms with E-state index in [0.29, 0.717) is 26.0 Å². The molecule has 2 N–H and O–H groups in total. The number of hydrogen-bond acceptors (Lipinski definition) is 5. The lowest BCUT2D eigenvalue weighted by Crippen LogP contribution is -2.32. The molecule has 1 amide bonds. The van der Waals surface area contributed by atoms with E-state index in [0.717, 1.165) is 5.56 Å². The zero-order chi connectivity index (χ0) is 18.2. The molecular formula is C16H24N2O5S. The van der Waals surface area contributed by atoms with Gasteiger partial charge in [0.2, 0.25) is 15.9 Å². The van der Waals surface area contributed by atoms with Crippen molar-refractivity contribution in [3.8, 4) is 0 Å². The average molecular weight is 356 g/mol. The predicted octanol–water partition coefficient (Wildman–Crippen LogP) is 1.42. The third-order valence-electron chi connectivity index (χ3n) is 3.33. The summed E-state index contributed by atoms with van der Waals surface area (Å²) in [6.45, 7) is 4.49. The van der Waals surface area contributed by atoms with Crippen molar-refractivity contribution in [2.24, 2.45) is 5.14 Å². The van der Waals surface area contributed by atoms with Gasteiger partial charge in [-0.1, -0.05) is 19.1 Å². The van der Waals surface area contributed by atoms with Gasteiger partial charge in [-0.3, -0.25) is 9.59 Å². The minimum absolute atomic E-state index is 0.0178. The molecule has 0 spiro atoms. The van der Waals surface area contributed by atoms with E-state index >= 15 is 0 Å². The molecule has 0 fully saturated rings. The Kier molecular flexibility index (Phi) is 7.87. The Morgan fingerprint density at radius 3 is 2.25 bits per heavy atom. The summed E-state index contributed by atoms with van der Waals surface area (Å²) in [5, 5.41) is 5.06. The molecule has 1 aromatic carbocycles. The van der Waals surface area contributed by atoms with E-state index in [-0.39, 0.29) is 29.7 Å². The second-order valence-corrected chi connectivity index (χ2v) is 6.87. The van der Waals surface area contributed by atoms with E-state index in [1.807, 2.05) is 6.92 Å². The molecule has 0 saturated heterocycles. The summed E-state index contributed by atoms with van der Waals surface area (Å²) in [5.74, 6) is -0.409. The topological polar surface area (TPSA) is 107 Å². The number of nitrogens with two attached hydrogens (primary N) is 1. The van der Waals surface area contributed by atoms with Gasteiger partial charge in [0.1, 0.15) is 0 Å². The van der Waals surface area contributed by atoms with Crippen LogP contribution in [-0.2, 0) is 30.9 Å². The van der Waals surface area contributed by atoms with Gasteiger partial charge in [-0.05, 0) is 31.0 Å². The van der Waals surface area contributed by atoms with Gasteiger partial charge in [0.15, 0.2) is 0 Å². The fraction of sp³-hybridized carbons (Fsp3) is 0.500. The number of amides is 1. The maximum absolute atomic E-state index is 12.2. The molecule has 0 radical (unpaired) electrons. The van der Waals surface area contributed by atoms with Gasteiger partial charge < -0.3 is 9.64 Å². The van der Waals surface area contributed by atoms with Crippen molar-refractivity contribution in [1.82, 2.24) is 4.90 Å². The van der Waals surface area contributed by atoms with Gasteiger partial charge in [0, 0.05) is 19.5 Å². The van der Waals surface area contributed by atoms with E-state index < -0.39 is 10.0 Å². The van der Waals surface area contributed by atoms with E-state index in [4.69, 9.17) is 9.88 Å². The molecule has 1 aromatic rings. The Morgan fingerprint density at radius 2 is 1.75 bits per heavy atom. The number of benzene rings is 1. The summed E-state index contributed by atoms with van der Waals surface area (Å²) in [5.41, 5.74) is 0.760. The van der Waals surface area contributed by atoms with Crippen LogP contribution >= 0.6 is 0 Å². The predicted molar refractivity (Wildman–Crippen MR) is 89.4 cm³/mol. The third kappa shape index (κ3) is 6.67. The largest absolute Gasteiger partial charge is 0.466 e. The highest BCUT2D eigenvalue weighted by Crippen LogP contribution is 2.12. The number of primary sulfonamides is 1. The number of carbonyl (C=O) groups excluding carboxylic acids is 2. The fourth-order valence-electron chi connectivity index (χ4n) is 2.13. The van der Waals surface area contributed by atoms with Crippen LogP contribution in [-0.4, -0.2) is 38.3 Å². The zero-order valence-electron chi connectivity index (χ0n) is 14.0. The molecule has 0 aromatic heterocycles. The van der Waals surface area contributed by atoms with Crippen LogP contribution in [0.1, 0.15) is 38.7 Å². The number of hydrogen-bond donors (Lipinski definition) is 1. The number of nitrogens with zero attached hydrogens (tertiary/aromatic N) is 1. The van der Waals surface area contributed by atoms with Crippen LogP contribution in [0, 0.1) is 0 Å². The summed E-state index contributed by atoms with van der Waals surface area (Å²) in [4.78, 5) is 25.3. The molecule has 7 nitrogen and oxygen atoms in total. The smallest absolute Gasteiger partial charge is 0.307 e. The number of sulfonamides is 1. The summed E-state index contributed by atoms with van der Waals surface area (Å²) in [6, 6.07) is 6.02. The van der Waals surface area contributed by atoms with E-state index in [9.17, 15) is 18.0 Å². The second-order valence-electron chi connectivity index (χ2n) is 5.31. The van der Waals surface area contributed by atoms with Crippen LogP contribution in [0.2, 0.25) is 0 Å². The summed E-state index contributed by atoms with van der Waals surface area (Å²) >= 11 is 0. The summed E-state index contributed by atoms with van der Waals surface area (Å²) in [7, 11) is -3.74. The van der Waals surface area contributed by atoms with Gasteiger partial charge in [0.05, 0.1) is 17.9 Å². The van der Waals surface area contributed by atoms with E-state index in [2.05, 4.69) is 0 Å². The molecule has 0 saturated carbocycles. The molecule has 0 atom stereocenters. The first-order valence-electron chi connectivity index (χ1n) is 7.83. The number of carbonyl (C=O) groups is 2. The van der Waals surface area contributed by atoms with Crippen molar-refractivity contribution in [2.75, 3.05) is 13.2 Å². The van der Waals surface area contributed by atoms with Crippen molar-refractivity contribution < 1.29 is 22.7 Å². The molecule has 8 heteroatoms. The first-order valence-corrected chi connectivity index (χ1v) is 9.37. The maximum atomic E-state index is 12.2. The second kappa shape index (κ2) is 9.39. The minimum atomic E-state index is -3.74. The van der Waals surface area contributed by atoms with Crippen LogP contribution in [0.25, 0.3) is 0 Å². The Labute approximate surface area is 142 Å². The Hall–Kier alpha value is -1.93. The van der Waals surface area contributed by atoms with Gasteiger partial charge >= 0.3 is 5.97 Å². The monoisotopic (exact) mass is 356 g/mol. The number of ether oxygens (including phenoxy) is 1. The molecule has 0 bridgehead atoms. The lowest BCUT2D eigenvalue weighted by atomic mass is 10.2. The summed E-state index contributed by atoms with van der Waals surface area (Å²) < 4.78 is 27.4. The quantitative estimate of drug-likeness (QED) is 0.673. The zero-order valence-corrected chi connectivity index (χ0v) is 14.8. The van der Waals surface area contributed by atoms with Crippen LogP contribution in [0.3, 0.4) is 0 Å². The number of rotatable bonds is 9. The molecule has 0 heterocycles. The molecule has 0 aliphatic rings. The third-order valence-corrected chi connectivity index (χ3v) is 4.26. The first-order chi connectivity index (χ1) is 11.3. The Bertz CT molecular complexity index is 656. The highest BCUT2D eigenvalue weighted by atomic mass is 32.2. The lowest BCUT2D eigenvalue weighted by Gasteiger charge is -2.22. The molecule has 134 valence electrons. The maximum Gasteiger partial charge on any atom is 0.307 e. The first kappa shape index (κ1) is 20.1. The summed E-state index contributed by atoms with van der Waals surface area (Å²) in [6.07, 6.45) is 1.22. The van der Waals surface area contributed by atoms with E-state index in [1.165, 1.54) is 12.1 Å².